The van der Waals surface area contributed by atoms with Crippen molar-refractivity contribution in [2.45, 2.75) is 16.7 Å². The molecule has 1 aliphatic heterocycles. The highest BCUT2D eigenvalue weighted by atomic mass is 32.2. The van der Waals surface area contributed by atoms with Crippen molar-refractivity contribution >= 4 is 38.7 Å². The van der Waals surface area contributed by atoms with Crippen molar-refractivity contribution in [3.8, 4) is 0 Å². The molecule has 0 spiro atoms. The normalized spacial score (nSPS) is 19.2. The second kappa shape index (κ2) is 5.53. The Morgan fingerprint density at radius 3 is 2.81 bits per heavy atom. The lowest BCUT2D eigenvalue weighted by atomic mass is 10.0. The molecule has 0 unspecified atom stereocenters. The second-order valence-corrected chi connectivity index (χ2v) is 8.59. The largest absolute Gasteiger partial charge is 0.468 e. The summed E-state index contributed by atoms with van der Waals surface area (Å²) in [7, 11) is -2.41. The highest BCUT2D eigenvalue weighted by Crippen LogP contribution is 2.38. The van der Waals surface area contributed by atoms with Crippen molar-refractivity contribution in [2.24, 2.45) is 0 Å². The zero-order chi connectivity index (χ0) is 15.0. The van der Waals surface area contributed by atoms with Crippen LogP contribution in [0.5, 0.6) is 0 Å². The van der Waals surface area contributed by atoms with E-state index in [0.717, 1.165) is 21.8 Å². The minimum absolute atomic E-state index is 0.245. The average molecular weight is 343 g/mol. The van der Waals surface area contributed by atoms with Crippen LogP contribution in [0.2, 0.25) is 0 Å². The zero-order valence-electron chi connectivity index (χ0n) is 11.2. The number of carbonyl (C=O) groups excluding carboxylic acids is 1. The Kier molecular flexibility index (Phi) is 3.87. The van der Waals surface area contributed by atoms with E-state index in [9.17, 15) is 13.2 Å². The van der Waals surface area contributed by atoms with Crippen LogP contribution in [0.1, 0.15) is 16.5 Å². The number of rotatable bonds is 3. The summed E-state index contributed by atoms with van der Waals surface area (Å²) < 4.78 is 31.8. The minimum Gasteiger partial charge on any atom is -0.468 e. The second-order valence-electron chi connectivity index (χ2n) is 4.52. The molecule has 3 heterocycles. The van der Waals surface area contributed by atoms with Gasteiger partial charge in [0.05, 0.1) is 7.11 Å². The van der Waals surface area contributed by atoms with E-state index < -0.39 is 22.0 Å². The molecule has 1 atom stereocenters. The van der Waals surface area contributed by atoms with Crippen molar-refractivity contribution in [2.75, 3.05) is 13.7 Å². The number of sulfonamides is 1. The average Bonchev–Trinajstić information content (AvgIpc) is 3.15. The summed E-state index contributed by atoms with van der Waals surface area (Å²) >= 11 is 2.69. The number of hydrogen-bond donors (Lipinski definition) is 0. The predicted octanol–water partition coefficient (Wildman–Crippen LogP) is 2.27. The van der Waals surface area contributed by atoms with Crippen LogP contribution in [0, 0.1) is 0 Å². The first-order valence-electron chi connectivity index (χ1n) is 6.25. The fourth-order valence-corrected chi connectivity index (χ4v) is 6.02. The van der Waals surface area contributed by atoms with Crippen molar-refractivity contribution in [1.82, 2.24) is 4.31 Å². The summed E-state index contributed by atoms with van der Waals surface area (Å²) in [6.45, 7) is 0.285. The lowest BCUT2D eigenvalue weighted by Crippen LogP contribution is -2.43. The van der Waals surface area contributed by atoms with Gasteiger partial charge in [-0.3, -0.25) is 0 Å². The van der Waals surface area contributed by atoms with Crippen molar-refractivity contribution in [3.05, 3.63) is 39.4 Å². The number of hydrogen-bond acceptors (Lipinski definition) is 6. The Morgan fingerprint density at radius 1 is 1.33 bits per heavy atom. The van der Waals surface area contributed by atoms with Gasteiger partial charge in [-0.2, -0.15) is 4.31 Å². The van der Waals surface area contributed by atoms with Gasteiger partial charge in [0, 0.05) is 11.4 Å². The van der Waals surface area contributed by atoms with E-state index in [4.69, 9.17) is 4.74 Å². The molecule has 0 N–H and O–H groups in total. The monoisotopic (exact) mass is 343 g/mol. The van der Waals surface area contributed by atoms with Gasteiger partial charge in [-0.05, 0) is 34.9 Å². The molecular formula is C13H13NO4S3. The molecule has 0 fully saturated rings. The topological polar surface area (TPSA) is 63.7 Å². The van der Waals surface area contributed by atoms with E-state index in [1.54, 1.807) is 34.9 Å². The summed E-state index contributed by atoms with van der Waals surface area (Å²) in [4.78, 5) is 13.2. The molecule has 2 aromatic heterocycles. The van der Waals surface area contributed by atoms with Crippen LogP contribution in [0.25, 0.3) is 0 Å². The number of thiophene rings is 2. The molecule has 3 rings (SSSR count). The minimum atomic E-state index is -3.69. The van der Waals surface area contributed by atoms with E-state index in [0.29, 0.717) is 6.42 Å². The Balaban J connectivity index is 2.08. The zero-order valence-corrected chi connectivity index (χ0v) is 13.6. The van der Waals surface area contributed by atoms with Gasteiger partial charge in [-0.15, -0.1) is 22.7 Å². The quantitative estimate of drug-likeness (QED) is 0.802. The van der Waals surface area contributed by atoms with E-state index in [-0.39, 0.29) is 10.8 Å². The molecule has 0 aliphatic carbocycles. The molecule has 0 saturated carbocycles. The molecule has 2 aromatic rings. The molecule has 0 aromatic carbocycles. The lowest BCUT2D eigenvalue weighted by Gasteiger charge is -2.32. The first-order chi connectivity index (χ1) is 10.1. The fourth-order valence-electron chi connectivity index (χ4n) is 2.43. The Bertz CT molecular complexity index is 748. The van der Waals surface area contributed by atoms with E-state index in [1.807, 2.05) is 5.38 Å². The molecule has 0 radical (unpaired) electrons. The number of nitrogens with zero attached hydrogens (tertiary/aromatic N) is 1. The number of fused-ring (bicyclic) bond motifs is 1. The van der Waals surface area contributed by atoms with Gasteiger partial charge in [-0.25, -0.2) is 13.2 Å². The molecule has 0 bridgehead atoms. The Morgan fingerprint density at radius 2 is 2.14 bits per heavy atom. The molecular weight excluding hydrogens is 330 g/mol. The summed E-state index contributed by atoms with van der Waals surface area (Å²) in [5, 5.41) is 3.59. The van der Waals surface area contributed by atoms with Gasteiger partial charge in [0.15, 0.2) is 0 Å². The number of esters is 1. The molecule has 1 aliphatic rings. The van der Waals surface area contributed by atoms with Crippen LogP contribution < -0.4 is 0 Å². The SMILES string of the molecule is COC(=O)[C@H]1c2ccsc2CCN1S(=O)(=O)c1cccs1. The van der Waals surface area contributed by atoms with E-state index in [2.05, 4.69) is 0 Å². The summed E-state index contributed by atoms with van der Waals surface area (Å²) in [5.74, 6) is -0.547. The van der Waals surface area contributed by atoms with Crippen molar-refractivity contribution < 1.29 is 17.9 Å². The Labute approximate surface area is 130 Å². The third-order valence-electron chi connectivity index (χ3n) is 3.40. The molecule has 21 heavy (non-hydrogen) atoms. The maximum absolute atomic E-state index is 12.7. The fraction of sp³-hybridized carbons (Fsp3) is 0.308. The van der Waals surface area contributed by atoms with Crippen LogP contribution in [0.3, 0.4) is 0 Å². The maximum Gasteiger partial charge on any atom is 0.328 e. The third kappa shape index (κ3) is 2.42. The third-order valence-corrected chi connectivity index (χ3v) is 7.64. The maximum atomic E-state index is 12.7. The summed E-state index contributed by atoms with van der Waals surface area (Å²) in [6.07, 6.45) is 0.616. The molecule has 5 nitrogen and oxygen atoms in total. The number of methoxy groups -OCH3 is 1. The standard InChI is InChI=1S/C13H13NO4S3/c1-18-13(15)12-9-5-8-19-10(9)4-6-14(12)21(16,17)11-3-2-7-20-11/h2-3,5,7-8,12H,4,6H2,1H3/t12-/m1/s1. The smallest absolute Gasteiger partial charge is 0.328 e. The van der Waals surface area contributed by atoms with Gasteiger partial charge >= 0.3 is 5.97 Å². The first-order valence-corrected chi connectivity index (χ1v) is 9.45. The van der Waals surface area contributed by atoms with Gasteiger partial charge < -0.3 is 4.74 Å². The van der Waals surface area contributed by atoms with Crippen molar-refractivity contribution in [3.63, 3.8) is 0 Å². The van der Waals surface area contributed by atoms with Gasteiger partial charge in [0.25, 0.3) is 10.0 Å². The van der Waals surface area contributed by atoms with Gasteiger partial charge in [-0.1, -0.05) is 6.07 Å². The number of carbonyl (C=O) groups is 1. The van der Waals surface area contributed by atoms with Crippen LogP contribution in [0.15, 0.2) is 33.2 Å². The van der Waals surface area contributed by atoms with E-state index >= 15 is 0 Å². The van der Waals surface area contributed by atoms with Gasteiger partial charge in [0.2, 0.25) is 0 Å². The Hall–Kier alpha value is -1.22. The van der Waals surface area contributed by atoms with E-state index in [1.165, 1.54) is 11.4 Å². The molecule has 0 saturated heterocycles. The molecule has 8 heteroatoms. The summed E-state index contributed by atoms with van der Waals surface area (Å²) in [5.41, 5.74) is 0.734. The highest BCUT2D eigenvalue weighted by Gasteiger charge is 2.42. The van der Waals surface area contributed by atoms with Crippen LogP contribution in [0.4, 0.5) is 0 Å². The first kappa shape index (κ1) is 14.7. The van der Waals surface area contributed by atoms with Crippen LogP contribution in [-0.4, -0.2) is 32.3 Å². The molecule has 0 amide bonds. The van der Waals surface area contributed by atoms with Crippen LogP contribution in [-0.2, 0) is 26.0 Å². The predicted molar refractivity (Wildman–Crippen MR) is 81.0 cm³/mol. The number of ether oxygens (including phenoxy) is 1. The highest BCUT2D eigenvalue weighted by molar-refractivity contribution is 7.91. The lowest BCUT2D eigenvalue weighted by molar-refractivity contribution is -0.145. The van der Waals surface area contributed by atoms with Crippen molar-refractivity contribution in [1.29, 1.82) is 0 Å². The molecule has 112 valence electrons. The summed E-state index contributed by atoms with van der Waals surface area (Å²) in [6, 6.07) is 4.15. The van der Waals surface area contributed by atoms with Gasteiger partial charge in [0.1, 0.15) is 10.3 Å². The van der Waals surface area contributed by atoms with Crippen LogP contribution >= 0.6 is 22.7 Å².